The molecule has 11 nitrogen and oxygen atoms in total. The van der Waals surface area contributed by atoms with E-state index < -0.39 is 5.41 Å². The molecule has 0 radical (unpaired) electrons. The Morgan fingerprint density at radius 1 is 1.18 bits per heavy atom. The Morgan fingerprint density at radius 3 is 2.73 bits per heavy atom. The molecule has 1 atom stereocenters. The summed E-state index contributed by atoms with van der Waals surface area (Å²) in [5.74, 6) is 1.47. The topological polar surface area (TPSA) is 135 Å². The molecule has 1 unspecified atom stereocenters. The minimum absolute atomic E-state index is 0.117. The van der Waals surface area contributed by atoms with E-state index in [1.54, 1.807) is 20.1 Å². The maximum atomic E-state index is 13.6. The number of carbonyl (C=O) groups is 3. The van der Waals surface area contributed by atoms with Crippen LogP contribution < -0.4 is 20.1 Å². The summed E-state index contributed by atoms with van der Waals surface area (Å²) >= 11 is 6.47. The van der Waals surface area contributed by atoms with Gasteiger partial charge in [0.2, 0.25) is 5.91 Å². The Hall–Kier alpha value is -3.31. The Bertz CT molecular complexity index is 1300. The number of benzene rings is 1. The molecule has 1 fully saturated rings. The smallest absolute Gasteiger partial charge is 0.314 e. The Kier molecular flexibility index (Phi) is 12.9. The Labute approximate surface area is 271 Å². The van der Waals surface area contributed by atoms with Crippen LogP contribution in [0.2, 0.25) is 5.15 Å². The molecule has 0 saturated heterocycles. The number of methoxy groups -OCH3 is 1. The number of aromatic nitrogens is 2. The third-order valence-electron chi connectivity index (χ3n) is 8.39. The number of hydrogen-bond donors (Lipinski definition) is 3. The van der Waals surface area contributed by atoms with Crippen LogP contribution in [-0.4, -0.2) is 79.2 Å². The van der Waals surface area contributed by atoms with Gasteiger partial charge in [0.15, 0.2) is 23.3 Å². The van der Waals surface area contributed by atoms with Crippen LogP contribution in [-0.2, 0) is 38.5 Å². The minimum atomic E-state index is -0.930. The van der Waals surface area contributed by atoms with Crippen LogP contribution in [0, 0.1) is 11.3 Å². The number of rotatable bonds is 10. The third kappa shape index (κ3) is 10.4. The van der Waals surface area contributed by atoms with Crippen molar-refractivity contribution >= 4 is 29.4 Å². The van der Waals surface area contributed by atoms with Gasteiger partial charge in [-0.2, -0.15) is 0 Å². The van der Waals surface area contributed by atoms with Crippen molar-refractivity contribution < 1.29 is 28.6 Å². The first-order valence-corrected chi connectivity index (χ1v) is 16.6. The van der Waals surface area contributed by atoms with Crippen molar-refractivity contribution in [3.63, 3.8) is 0 Å². The lowest BCUT2D eigenvalue weighted by Gasteiger charge is -2.32. The zero-order chi connectivity index (χ0) is 32.2. The maximum Gasteiger partial charge on any atom is 0.314 e. The standard InChI is InChI=1S/C33H48ClN5O6/c1-4-6-8-28-37-25(31(34)38-28)20-39-15-7-9-29(40)36-22-33(18-23-10-11-23,32(42)44-5-2)19-24-12-13-26(43-3)27(17-24)45-21-30(41)35-14-16-39/h12-13,17,23H,4-11,14-16,18-22H2,1-3H3,(H,35,41)(H,36,40)(H,37,38). The van der Waals surface area contributed by atoms with Crippen molar-refractivity contribution in [1.29, 1.82) is 0 Å². The number of amides is 2. The van der Waals surface area contributed by atoms with E-state index in [2.05, 4.69) is 32.4 Å². The molecule has 0 spiro atoms. The average molecular weight is 646 g/mol. The summed E-state index contributed by atoms with van der Waals surface area (Å²) in [5, 5.41) is 6.45. The molecule has 2 amide bonds. The molecule has 1 aromatic heterocycles. The van der Waals surface area contributed by atoms with Gasteiger partial charge in [-0.3, -0.25) is 19.3 Å². The first kappa shape index (κ1) is 34.6. The monoisotopic (exact) mass is 645 g/mol. The number of aryl methyl sites for hydroxylation is 1. The van der Waals surface area contributed by atoms with Crippen molar-refractivity contribution in [3.05, 3.63) is 40.4 Å². The zero-order valence-corrected chi connectivity index (χ0v) is 27.6. The molecule has 45 heavy (non-hydrogen) atoms. The largest absolute Gasteiger partial charge is 0.493 e. The van der Waals surface area contributed by atoms with E-state index in [1.807, 2.05) is 12.1 Å². The predicted molar refractivity (Wildman–Crippen MR) is 171 cm³/mol. The Balaban J connectivity index is 1.55. The number of nitrogens with one attached hydrogen (secondary N) is 3. The third-order valence-corrected chi connectivity index (χ3v) is 8.71. The maximum absolute atomic E-state index is 13.6. The molecule has 3 N–H and O–H groups in total. The second-order valence-corrected chi connectivity index (χ2v) is 12.5. The van der Waals surface area contributed by atoms with Crippen molar-refractivity contribution in [2.75, 3.05) is 46.5 Å². The quantitative estimate of drug-likeness (QED) is 0.327. The average Bonchev–Trinajstić information content (AvgIpc) is 3.77. The van der Waals surface area contributed by atoms with Gasteiger partial charge in [-0.15, -0.1) is 0 Å². The van der Waals surface area contributed by atoms with Crippen LogP contribution in [0.1, 0.15) is 75.9 Å². The van der Waals surface area contributed by atoms with E-state index in [4.69, 9.17) is 25.8 Å². The lowest BCUT2D eigenvalue weighted by Crippen LogP contribution is -2.46. The number of fused-ring (bicyclic) bond motifs is 2. The second kappa shape index (κ2) is 16.8. The van der Waals surface area contributed by atoms with Gasteiger partial charge in [0.1, 0.15) is 5.82 Å². The molecular formula is C33H48ClN5O6. The summed E-state index contributed by atoms with van der Waals surface area (Å²) in [7, 11) is 1.54. The van der Waals surface area contributed by atoms with Crippen molar-refractivity contribution in [2.24, 2.45) is 11.3 Å². The van der Waals surface area contributed by atoms with E-state index >= 15 is 0 Å². The fraction of sp³-hybridized carbons (Fsp3) is 0.636. The second-order valence-electron chi connectivity index (χ2n) is 12.2. The number of hydrogen-bond acceptors (Lipinski definition) is 8. The number of ether oxygens (including phenoxy) is 3. The summed E-state index contributed by atoms with van der Waals surface area (Å²) in [4.78, 5) is 49.5. The number of imidazole rings is 1. The molecule has 2 heterocycles. The van der Waals surface area contributed by atoms with Gasteiger partial charge in [-0.05, 0) is 62.8 Å². The highest BCUT2D eigenvalue weighted by Crippen LogP contribution is 2.43. The van der Waals surface area contributed by atoms with Gasteiger partial charge < -0.3 is 29.8 Å². The van der Waals surface area contributed by atoms with Gasteiger partial charge in [-0.25, -0.2) is 4.98 Å². The van der Waals surface area contributed by atoms with Crippen molar-refractivity contribution in [1.82, 2.24) is 25.5 Å². The van der Waals surface area contributed by atoms with Crippen LogP contribution in [0.4, 0.5) is 0 Å². The van der Waals surface area contributed by atoms with Crippen LogP contribution in [0.15, 0.2) is 18.2 Å². The summed E-state index contributed by atoms with van der Waals surface area (Å²) in [5.41, 5.74) is 0.719. The molecule has 248 valence electrons. The molecule has 12 heteroatoms. The van der Waals surface area contributed by atoms with Crippen LogP contribution >= 0.6 is 11.6 Å². The summed E-state index contributed by atoms with van der Waals surface area (Å²) in [6, 6.07) is 5.47. The molecule has 1 aliphatic carbocycles. The lowest BCUT2D eigenvalue weighted by atomic mass is 9.76. The number of unbranched alkanes of at least 4 members (excludes halogenated alkanes) is 1. The molecule has 2 bridgehead atoms. The number of nitrogens with zero attached hydrogens (tertiary/aromatic N) is 2. The lowest BCUT2D eigenvalue weighted by molar-refractivity contribution is -0.156. The highest BCUT2D eigenvalue weighted by atomic mass is 35.5. The van der Waals surface area contributed by atoms with Gasteiger partial charge in [-0.1, -0.05) is 43.9 Å². The van der Waals surface area contributed by atoms with Crippen molar-refractivity contribution in [2.45, 2.75) is 78.2 Å². The van der Waals surface area contributed by atoms with Crippen LogP contribution in [0.5, 0.6) is 11.5 Å². The van der Waals surface area contributed by atoms with E-state index in [-0.39, 0.29) is 37.5 Å². The SMILES string of the molecule is CCCCc1nc(Cl)c(CN2CCCC(=O)NCC(CC3CC3)(C(=O)OCC)Cc3ccc(OC)c(c3)OCC(=O)NCC2)[nH]1. The molecular weight excluding hydrogens is 598 g/mol. The number of halogens is 1. The van der Waals surface area contributed by atoms with E-state index in [0.717, 1.165) is 49.2 Å². The highest BCUT2D eigenvalue weighted by Gasteiger charge is 2.44. The fourth-order valence-corrected chi connectivity index (χ4v) is 6.00. The number of esters is 1. The Morgan fingerprint density at radius 2 is 2.00 bits per heavy atom. The summed E-state index contributed by atoms with van der Waals surface area (Å²) in [6.07, 6.45) is 6.88. The minimum Gasteiger partial charge on any atom is -0.493 e. The van der Waals surface area contributed by atoms with Gasteiger partial charge in [0, 0.05) is 39.0 Å². The predicted octanol–water partition coefficient (Wildman–Crippen LogP) is 4.21. The molecule has 2 aliphatic rings. The van der Waals surface area contributed by atoms with E-state index in [1.165, 1.54) is 0 Å². The first-order chi connectivity index (χ1) is 21.7. The van der Waals surface area contributed by atoms with Gasteiger partial charge >= 0.3 is 5.97 Å². The molecule has 1 aromatic carbocycles. The molecule has 4 rings (SSSR count). The molecule has 1 aliphatic heterocycles. The summed E-state index contributed by atoms with van der Waals surface area (Å²) < 4.78 is 17.0. The van der Waals surface area contributed by atoms with Crippen LogP contribution in [0.25, 0.3) is 0 Å². The van der Waals surface area contributed by atoms with Gasteiger partial charge in [0.25, 0.3) is 5.91 Å². The van der Waals surface area contributed by atoms with E-state index in [0.29, 0.717) is 74.4 Å². The van der Waals surface area contributed by atoms with Crippen molar-refractivity contribution in [3.8, 4) is 11.5 Å². The number of H-pyrrole nitrogens is 1. The normalized spacial score (nSPS) is 20.7. The fourth-order valence-electron chi connectivity index (χ4n) is 5.80. The first-order valence-electron chi connectivity index (χ1n) is 16.2. The summed E-state index contributed by atoms with van der Waals surface area (Å²) in [6.45, 7) is 6.21. The van der Waals surface area contributed by atoms with Gasteiger partial charge in [0.05, 0.1) is 24.8 Å². The zero-order valence-electron chi connectivity index (χ0n) is 26.8. The number of aromatic amines is 1. The highest BCUT2D eigenvalue weighted by molar-refractivity contribution is 6.30. The van der Waals surface area contributed by atoms with E-state index in [9.17, 15) is 14.4 Å². The number of carbonyl (C=O) groups excluding carboxylic acids is 3. The molecule has 2 aromatic rings. The van der Waals surface area contributed by atoms with Crippen LogP contribution in [0.3, 0.4) is 0 Å². The molecule has 1 saturated carbocycles.